The SMILES string of the molecule is C/C(Cl)=C\c1nc2ccccc2nc1Cl. The predicted octanol–water partition coefficient (Wildman–Crippen LogP) is 3.88. The molecule has 2 rings (SSSR count). The van der Waals surface area contributed by atoms with Crippen LogP contribution in [0.2, 0.25) is 5.15 Å². The first-order valence-corrected chi connectivity index (χ1v) is 5.18. The van der Waals surface area contributed by atoms with E-state index in [4.69, 9.17) is 23.2 Å². The summed E-state index contributed by atoms with van der Waals surface area (Å²) in [4.78, 5) is 8.59. The zero-order chi connectivity index (χ0) is 10.8. The first kappa shape index (κ1) is 10.4. The highest BCUT2D eigenvalue weighted by Crippen LogP contribution is 2.19. The third-order valence-corrected chi connectivity index (χ3v) is 2.28. The van der Waals surface area contributed by atoms with Crippen molar-refractivity contribution in [1.29, 1.82) is 0 Å². The summed E-state index contributed by atoms with van der Waals surface area (Å²) in [7, 11) is 0. The Labute approximate surface area is 97.6 Å². The minimum absolute atomic E-state index is 0.369. The van der Waals surface area contributed by atoms with Gasteiger partial charge in [-0.15, -0.1) is 0 Å². The first-order chi connectivity index (χ1) is 7.16. The molecular weight excluding hydrogens is 231 g/mol. The molecule has 0 atom stereocenters. The molecule has 0 spiro atoms. The van der Waals surface area contributed by atoms with Gasteiger partial charge in [-0.05, 0) is 25.1 Å². The minimum atomic E-state index is 0.369. The molecule has 0 unspecified atom stereocenters. The van der Waals surface area contributed by atoms with E-state index in [0.29, 0.717) is 15.9 Å². The van der Waals surface area contributed by atoms with Crippen LogP contribution in [0.4, 0.5) is 0 Å². The van der Waals surface area contributed by atoms with Gasteiger partial charge < -0.3 is 0 Å². The second kappa shape index (κ2) is 4.17. The molecule has 15 heavy (non-hydrogen) atoms. The van der Waals surface area contributed by atoms with E-state index in [2.05, 4.69) is 9.97 Å². The highest BCUT2D eigenvalue weighted by atomic mass is 35.5. The van der Waals surface area contributed by atoms with Crippen LogP contribution in [-0.2, 0) is 0 Å². The fourth-order valence-electron chi connectivity index (χ4n) is 1.27. The van der Waals surface area contributed by atoms with Crippen LogP contribution >= 0.6 is 23.2 Å². The monoisotopic (exact) mass is 238 g/mol. The molecule has 1 heterocycles. The first-order valence-electron chi connectivity index (χ1n) is 4.43. The third-order valence-electron chi connectivity index (χ3n) is 1.89. The molecule has 0 saturated carbocycles. The maximum absolute atomic E-state index is 5.97. The van der Waals surface area contributed by atoms with Crippen molar-refractivity contribution < 1.29 is 0 Å². The number of para-hydroxylation sites is 2. The Hall–Kier alpha value is -1.12. The van der Waals surface area contributed by atoms with Crippen molar-refractivity contribution >= 4 is 40.3 Å². The fraction of sp³-hybridized carbons (Fsp3) is 0.0909. The van der Waals surface area contributed by atoms with E-state index in [1.165, 1.54) is 0 Å². The number of aromatic nitrogens is 2. The molecule has 0 bridgehead atoms. The van der Waals surface area contributed by atoms with Crippen LogP contribution in [0.5, 0.6) is 0 Å². The van der Waals surface area contributed by atoms with Crippen LogP contribution in [0.3, 0.4) is 0 Å². The molecule has 2 aromatic rings. The molecule has 0 fully saturated rings. The lowest BCUT2D eigenvalue weighted by molar-refractivity contribution is 1.26. The quantitative estimate of drug-likeness (QED) is 0.754. The van der Waals surface area contributed by atoms with Crippen molar-refractivity contribution in [2.24, 2.45) is 0 Å². The van der Waals surface area contributed by atoms with E-state index in [0.717, 1.165) is 11.0 Å². The van der Waals surface area contributed by atoms with Gasteiger partial charge in [-0.3, -0.25) is 0 Å². The Morgan fingerprint density at radius 1 is 1.20 bits per heavy atom. The van der Waals surface area contributed by atoms with E-state index in [-0.39, 0.29) is 0 Å². The lowest BCUT2D eigenvalue weighted by Crippen LogP contribution is -1.89. The molecule has 0 saturated heterocycles. The molecular formula is C11H8Cl2N2. The molecule has 1 aromatic carbocycles. The van der Waals surface area contributed by atoms with Crippen LogP contribution in [0.15, 0.2) is 29.3 Å². The zero-order valence-corrected chi connectivity index (χ0v) is 9.55. The normalized spacial score (nSPS) is 12.1. The van der Waals surface area contributed by atoms with E-state index in [9.17, 15) is 0 Å². The summed E-state index contributed by atoms with van der Waals surface area (Å²) in [5.41, 5.74) is 2.20. The van der Waals surface area contributed by atoms with Crippen molar-refractivity contribution in [3.8, 4) is 0 Å². The minimum Gasteiger partial charge on any atom is -0.243 e. The smallest absolute Gasteiger partial charge is 0.155 e. The van der Waals surface area contributed by atoms with E-state index < -0.39 is 0 Å². The molecule has 4 heteroatoms. The van der Waals surface area contributed by atoms with Crippen LogP contribution in [-0.4, -0.2) is 9.97 Å². The molecule has 1 aromatic heterocycles. The summed E-state index contributed by atoms with van der Waals surface area (Å²) in [5.74, 6) is 0. The summed E-state index contributed by atoms with van der Waals surface area (Å²) in [6.45, 7) is 1.77. The summed E-state index contributed by atoms with van der Waals surface area (Å²) >= 11 is 11.7. The molecule has 0 aliphatic heterocycles. The maximum atomic E-state index is 5.97. The molecule has 0 N–H and O–H groups in total. The van der Waals surface area contributed by atoms with Gasteiger partial charge >= 0.3 is 0 Å². The van der Waals surface area contributed by atoms with Gasteiger partial charge in [0.2, 0.25) is 0 Å². The third kappa shape index (κ3) is 2.28. The average Bonchev–Trinajstić information content (AvgIpc) is 2.18. The second-order valence-electron chi connectivity index (χ2n) is 3.12. The number of rotatable bonds is 1. The van der Waals surface area contributed by atoms with Gasteiger partial charge in [0, 0.05) is 5.03 Å². The Kier molecular flexibility index (Phi) is 2.89. The van der Waals surface area contributed by atoms with Crippen LogP contribution in [0.1, 0.15) is 12.6 Å². The number of allylic oxidation sites excluding steroid dienone is 1. The van der Waals surface area contributed by atoms with Crippen molar-refractivity contribution in [2.45, 2.75) is 6.92 Å². The van der Waals surface area contributed by atoms with Gasteiger partial charge in [0.25, 0.3) is 0 Å². The summed E-state index contributed by atoms with van der Waals surface area (Å²) < 4.78 is 0. The van der Waals surface area contributed by atoms with Crippen LogP contribution in [0, 0.1) is 0 Å². The van der Waals surface area contributed by atoms with E-state index >= 15 is 0 Å². The molecule has 0 aliphatic carbocycles. The molecule has 0 amide bonds. The fourth-order valence-corrected chi connectivity index (χ4v) is 1.56. The second-order valence-corrected chi connectivity index (χ2v) is 4.07. The number of nitrogens with zero attached hydrogens (tertiary/aromatic N) is 2. The van der Waals surface area contributed by atoms with Gasteiger partial charge in [-0.25, -0.2) is 9.97 Å². The average molecular weight is 239 g/mol. The van der Waals surface area contributed by atoms with Gasteiger partial charge in [0.05, 0.1) is 11.0 Å². The zero-order valence-electron chi connectivity index (χ0n) is 8.04. The lowest BCUT2D eigenvalue weighted by Gasteiger charge is -2.00. The van der Waals surface area contributed by atoms with E-state index in [1.54, 1.807) is 13.0 Å². The number of fused-ring (bicyclic) bond motifs is 1. The largest absolute Gasteiger partial charge is 0.243 e. The Balaban J connectivity index is 2.67. The van der Waals surface area contributed by atoms with Gasteiger partial charge in [0.15, 0.2) is 5.15 Å². The molecule has 0 aliphatic rings. The number of hydrogen-bond acceptors (Lipinski definition) is 2. The Morgan fingerprint density at radius 3 is 2.40 bits per heavy atom. The van der Waals surface area contributed by atoms with Gasteiger partial charge in [0.1, 0.15) is 5.69 Å². The molecule has 0 radical (unpaired) electrons. The standard InChI is InChI=1S/C11H8Cl2N2/c1-7(12)6-10-11(13)15-9-5-3-2-4-8(9)14-10/h2-6H,1H3/b7-6+. The summed E-state index contributed by atoms with van der Waals surface area (Å²) in [6.07, 6.45) is 1.70. The highest BCUT2D eigenvalue weighted by molar-refractivity contribution is 6.33. The van der Waals surface area contributed by atoms with Gasteiger partial charge in [-0.2, -0.15) is 0 Å². The van der Waals surface area contributed by atoms with E-state index in [1.807, 2.05) is 24.3 Å². The Bertz CT molecular complexity index is 531. The number of hydrogen-bond donors (Lipinski definition) is 0. The topological polar surface area (TPSA) is 25.8 Å². The highest BCUT2D eigenvalue weighted by Gasteiger charge is 2.03. The maximum Gasteiger partial charge on any atom is 0.155 e. The number of halogens is 2. The van der Waals surface area contributed by atoms with Crippen molar-refractivity contribution in [2.75, 3.05) is 0 Å². The van der Waals surface area contributed by atoms with Crippen molar-refractivity contribution in [3.63, 3.8) is 0 Å². The van der Waals surface area contributed by atoms with Crippen molar-refractivity contribution in [3.05, 3.63) is 40.1 Å². The van der Waals surface area contributed by atoms with Crippen LogP contribution < -0.4 is 0 Å². The van der Waals surface area contributed by atoms with Crippen molar-refractivity contribution in [1.82, 2.24) is 9.97 Å². The number of benzene rings is 1. The van der Waals surface area contributed by atoms with Gasteiger partial charge in [-0.1, -0.05) is 35.3 Å². The predicted molar refractivity (Wildman–Crippen MR) is 64.1 cm³/mol. The lowest BCUT2D eigenvalue weighted by atomic mass is 10.3. The molecule has 2 nitrogen and oxygen atoms in total. The van der Waals surface area contributed by atoms with Crippen LogP contribution in [0.25, 0.3) is 17.1 Å². The molecule has 76 valence electrons. The summed E-state index contributed by atoms with van der Waals surface area (Å²) in [6, 6.07) is 7.57. The summed E-state index contributed by atoms with van der Waals surface area (Å²) in [5, 5.41) is 0.996. The Morgan fingerprint density at radius 2 is 1.80 bits per heavy atom.